The summed E-state index contributed by atoms with van der Waals surface area (Å²) in [5, 5.41) is 0.762. The lowest BCUT2D eigenvalue weighted by atomic mass is 10.1. The van der Waals surface area contributed by atoms with E-state index in [4.69, 9.17) is 23.2 Å². The van der Waals surface area contributed by atoms with Crippen LogP contribution in [0, 0.1) is 5.92 Å². The number of imidazole rings is 1. The SMILES string of the molecule is CC(C)CCCCn1c(CCCl)nc2ccc(Cl)cc21. The van der Waals surface area contributed by atoms with Gasteiger partial charge in [-0.2, -0.15) is 0 Å². The second-order valence-electron chi connectivity index (χ2n) is 5.64. The maximum Gasteiger partial charge on any atom is 0.111 e. The average molecular weight is 313 g/mol. The van der Waals surface area contributed by atoms with Crippen LogP contribution in [0.15, 0.2) is 18.2 Å². The first-order valence-electron chi connectivity index (χ1n) is 7.32. The van der Waals surface area contributed by atoms with Crippen molar-refractivity contribution in [3.05, 3.63) is 29.0 Å². The number of nitrogens with zero attached hydrogens (tertiary/aromatic N) is 2. The number of halogens is 2. The normalized spacial score (nSPS) is 11.7. The molecule has 0 unspecified atom stereocenters. The minimum Gasteiger partial charge on any atom is -0.328 e. The minimum absolute atomic E-state index is 0.600. The highest BCUT2D eigenvalue weighted by atomic mass is 35.5. The van der Waals surface area contributed by atoms with E-state index in [9.17, 15) is 0 Å². The van der Waals surface area contributed by atoms with Crippen LogP contribution in [0.3, 0.4) is 0 Å². The second-order valence-corrected chi connectivity index (χ2v) is 6.46. The number of aromatic nitrogens is 2. The molecule has 0 aliphatic carbocycles. The molecule has 2 nitrogen and oxygen atoms in total. The van der Waals surface area contributed by atoms with Gasteiger partial charge in [0.2, 0.25) is 0 Å². The van der Waals surface area contributed by atoms with E-state index in [2.05, 4.69) is 23.4 Å². The summed E-state index contributed by atoms with van der Waals surface area (Å²) in [6.45, 7) is 5.53. The molecule has 0 spiro atoms. The first kappa shape index (κ1) is 15.7. The molecule has 110 valence electrons. The van der Waals surface area contributed by atoms with Gasteiger partial charge in [0.25, 0.3) is 0 Å². The molecular formula is C16H22Cl2N2. The molecule has 4 heteroatoms. The van der Waals surface area contributed by atoms with Crippen molar-refractivity contribution in [2.24, 2.45) is 5.92 Å². The molecule has 0 N–H and O–H groups in total. The lowest BCUT2D eigenvalue weighted by Gasteiger charge is -2.09. The zero-order valence-corrected chi connectivity index (χ0v) is 13.7. The standard InChI is InChI=1S/C16H22Cl2N2/c1-12(2)5-3-4-10-20-15-11-13(18)6-7-14(15)19-16(20)8-9-17/h6-7,11-12H,3-5,8-10H2,1-2H3. The fourth-order valence-corrected chi connectivity index (χ4v) is 2.83. The molecule has 2 rings (SSSR count). The van der Waals surface area contributed by atoms with Gasteiger partial charge in [-0.15, -0.1) is 11.6 Å². The quantitative estimate of drug-likeness (QED) is 0.501. The molecule has 0 aliphatic rings. The molecule has 0 amide bonds. The third-order valence-electron chi connectivity index (χ3n) is 3.52. The van der Waals surface area contributed by atoms with Crippen molar-refractivity contribution < 1.29 is 0 Å². The number of rotatable bonds is 7. The van der Waals surface area contributed by atoms with E-state index >= 15 is 0 Å². The summed E-state index contributed by atoms with van der Waals surface area (Å²) in [7, 11) is 0. The molecular weight excluding hydrogens is 291 g/mol. The van der Waals surface area contributed by atoms with E-state index in [1.54, 1.807) is 0 Å². The Kier molecular flexibility index (Phi) is 5.74. The highest BCUT2D eigenvalue weighted by molar-refractivity contribution is 6.31. The first-order valence-corrected chi connectivity index (χ1v) is 8.23. The number of unbranched alkanes of at least 4 members (excludes halogenated alkanes) is 1. The van der Waals surface area contributed by atoms with Crippen molar-refractivity contribution in [1.29, 1.82) is 0 Å². The van der Waals surface area contributed by atoms with E-state index in [0.717, 1.165) is 40.8 Å². The van der Waals surface area contributed by atoms with Crippen LogP contribution in [0.25, 0.3) is 11.0 Å². The Morgan fingerprint density at radius 3 is 2.75 bits per heavy atom. The van der Waals surface area contributed by atoms with Gasteiger partial charge in [-0.25, -0.2) is 4.98 Å². The summed E-state index contributed by atoms with van der Waals surface area (Å²) in [5.74, 6) is 2.44. The lowest BCUT2D eigenvalue weighted by Crippen LogP contribution is -2.05. The summed E-state index contributed by atoms with van der Waals surface area (Å²) >= 11 is 12.0. The topological polar surface area (TPSA) is 17.8 Å². The van der Waals surface area contributed by atoms with Gasteiger partial charge in [0.1, 0.15) is 5.82 Å². The summed E-state index contributed by atoms with van der Waals surface area (Å²) in [5.41, 5.74) is 2.14. The zero-order valence-electron chi connectivity index (χ0n) is 12.2. The smallest absolute Gasteiger partial charge is 0.111 e. The molecule has 20 heavy (non-hydrogen) atoms. The number of aryl methyl sites for hydroxylation is 2. The van der Waals surface area contributed by atoms with E-state index in [1.807, 2.05) is 18.2 Å². The first-order chi connectivity index (χ1) is 9.61. The monoisotopic (exact) mass is 312 g/mol. The third-order valence-corrected chi connectivity index (χ3v) is 3.94. The van der Waals surface area contributed by atoms with Gasteiger partial charge in [-0.3, -0.25) is 0 Å². The Balaban J connectivity index is 2.19. The summed E-state index contributed by atoms with van der Waals surface area (Å²) in [6, 6.07) is 5.88. The van der Waals surface area contributed by atoms with Crippen molar-refractivity contribution in [2.45, 2.75) is 46.1 Å². The van der Waals surface area contributed by atoms with Crippen molar-refractivity contribution in [1.82, 2.24) is 9.55 Å². The van der Waals surface area contributed by atoms with Gasteiger partial charge in [0, 0.05) is 23.9 Å². The van der Waals surface area contributed by atoms with Crippen molar-refractivity contribution in [3.63, 3.8) is 0 Å². The van der Waals surface area contributed by atoms with E-state index in [-0.39, 0.29) is 0 Å². The Bertz CT molecular complexity index is 561. The third kappa shape index (κ3) is 3.89. The van der Waals surface area contributed by atoms with Gasteiger partial charge in [0.15, 0.2) is 0 Å². The summed E-state index contributed by atoms with van der Waals surface area (Å²) in [4.78, 5) is 4.68. The predicted molar refractivity (Wildman–Crippen MR) is 87.9 cm³/mol. The number of alkyl halides is 1. The average Bonchev–Trinajstić information content (AvgIpc) is 2.72. The van der Waals surface area contributed by atoms with Crippen LogP contribution in [0.5, 0.6) is 0 Å². The van der Waals surface area contributed by atoms with Crippen LogP contribution in [-0.2, 0) is 13.0 Å². The van der Waals surface area contributed by atoms with Gasteiger partial charge < -0.3 is 4.57 Å². The summed E-state index contributed by atoms with van der Waals surface area (Å²) < 4.78 is 2.28. The summed E-state index contributed by atoms with van der Waals surface area (Å²) in [6.07, 6.45) is 4.50. The molecule has 1 aromatic heterocycles. The maximum atomic E-state index is 6.11. The predicted octanol–water partition coefficient (Wildman–Crippen LogP) is 5.30. The molecule has 0 aliphatic heterocycles. The molecule has 0 atom stereocenters. The molecule has 0 saturated carbocycles. The fourth-order valence-electron chi connectivity index (χ4n) is 2.49. The van der Waals surface area contributed by atoms with E-state index in [0.29, 0.717) is 5.88 Å². The second kappa shape index (κ2) is 7.33. The van der Waals surface area contributed by atoms with Gasteiger partial charge in [0.05, 0.1) is 11.0 Å². The molecule has 0 fully saturated rings. The Morgan fingerprint density at radius 2 is 2.05 bits per heavy atom. The molecule has 0 saturated heterocycles. The highest BCUT2D eigenvalue weighted by Gasteiger charge is 2.10. The van der Waals surface area contributed by atoms with E-state index < -0.39 is 0 Å². The lowest BCUT2D eigenvalue weighted by molar-refractivity contribution is 0.508. The van der Waals surface area contributed by atoms with Crippen LogP contribution in [-0.4, -0.2) is 15.4 Å². The van der Waals surface area contributed by atoms with E-state index in [1.165, 1.54) is 19.3 Å². The maximum absolute atomic E-state index is 6.11. The Hall–Kier alpha value is -0.730. The van der Waals surface area contributed by atoms with Crippen LogP contribution in [0.1, 0.15) is 38.9 Å². The van der Waals surface area contributed by atoms with Crippen LogP contribution in [0.2, 0.25) is 5.02 Å². The Morgan fingerprint density at radius 1 is 1.25 bits per heavy atom. The number of hydrogen-bond acceptors (Lipinski definition) is 1. The Labute approximate surface area is 131 Å². The van der Waals surface area contributed by atoms with Crippen LogP contribution in [0.4, 0.5) is 0 Å². The largest absolute Gasteiger partial charge is 0.328 e. The van der Waals surface area contributed by atoms with Gasteiger partial charge in [-0.05, 0) is 30.5 Å². The minimum atomic E-state index is 0.600. The molecule has 1 aromatic carbocycles. The highest BCUT2D eigenvalue weighted by Crippen LogP contribution is 2.22. The van der Waals surface area contributed by atoms with Crippen molar-refractivity contribution >= 4 is 34.2 Å². The number of benzene rings is 1. The molecule has 0 bridgehead atoms. The number of fused-ring (bicyclic) bond motifs is 1. The van der Waals surface area contributed by atoms with Gasteiger partial charge in [-0.1, -0.05) is 38.3 Å². The van der Waals surface area contributed by atoms with Crippen molar-refractivity contribution in [3.8, 4) is 0 Å². The number of hydrogen-bond donors (Lipinski definition) is 0. The van der Waals surface area contributed by atoms with Crippen LogP contribution < -0.4 is 0 Å². The molecule has 1 heterocycles. The molecule has 0 radical (unpaired) electrons. The zero-order chi connectivity index (χ0) is 14.5. The van der Waals surface area contributed by atoms with Crippen LogP contribution >= 0.6 is 23.2 Å². The molecule has 2 aromatic rings. The van der Waals surface area contributed by atoms with Crippen molar-refractivity contribution in [2.75, 3.05) is 5.88 Å². The van der Waals surface area contributed by atoms with Gasteiger partial charge >= 0.3 is 0 Å². The fraction of sp³-hybridized carbons (Fsp3) is 0.562.